The molecule has 0 saturated carbocycles. The van der Waals surface area contributed by atoms with Crippen LogP contribution >= 0.6 is 0 Å². The average molecular weight is 303 g/mol. The molecule has 0 amide bonds. The lowest BCUT2D eigenvalue weighted by molar-refractivity contribution is -0.123. The summed E-state index contributed by atoms with van der Waals surface area (Å²) in [7, 11) is 0. The second-order valence-corrected chi connectivity index (χ2v) is 8.64. The number of nitrogens with zero attached hydrogens (tertiary/aromatic N) is 1. The van der Waals surface area contributed by atoms with Crippen molar-refractivity contribution < 1.29 is 14.8 Å². The Kier molecular flexibility index (Phi) is 3.19. The SMILES string of the molecule is CC1C2=C(CC(C)(C)CC2=O)N(O)C2=C1C(=O)CC(C)(C)C2. The van der Waals surface area contributed by atoms with Crippen LogP contribution in [0.15, 0.2) is 22.5 Å². The second kappa shape index (κ2) is 4.54. The molecule has 3 aliphatic rings. The maximum absolute atomic E-state index is 12.6. The molecule has 1 heterocycles. The number of hydrogen-bond acceptors (Lipinski definition) is 4. The Morgan fingerprint density at radius 2 is 1.23 bits per heavy atom. The third-order valence-electron chi connectivity index (χ3n) is 5.17. The van der Waals surface area contributed by atoms with E-state index in [0.717, 1.165) is 0 Å². The predicted molar refractivity (Wildman–Crippen MR) is 82.9 cm³/mol. The molecule has 0 fully saturated rings. The molecule has 0 unspecified atom stereocenters. The molecule has 0 aromatic rings. The quantitative estimate of drug-likeness (QED) is 0.742. The Morgan fingerprint density at radius 1 is 0.864 bits per heavy atom. The first kappa shape index (κ1) is 15.5. The molecule has 0 saturated heterocycles. The van der Waals surface area contributed by atoms with E-state index >= 15 is 0 Å². The molecule has 0 spiro atoms. The zero-order valence-electron chi connectivity index (χ0n) is 14.1. The van der Waals surface area contributed by atoms with Crippen molar-refractivity contribution in [3.05, 3.63) is 22.5 Å². The molecule has 0 radical (unpaired) electrons. The summed E-state index contributed by atoms with van der Waals surface area (Å²) in [6.45, 7) is 10.1. The van der Waals surface area contributed by atoms with E-state index in [4.69, 9.17) is 0 Å². The number of hydroxylamine groups is 2. The smallest absolute Gasteiger partial charge is 0.161 e. The molecule has 0 bridgehead atoms. The normalized spacial score (nSPS) is 28.0. The van der Waals surface area contributed by atoms with Crippen LogP contribution in [0.2, 0.25) is 0 Å². The van der Waals surface area contributed by atoms with Crippen LogP contribution < -0.4 is 0 Å². The van der Waals surface area contributed by atoms with E-state index in [1.54, 1.807) is 0 Å². The minimum Gasteiger partial charge on any atom is -0.294 e. The molecule has 22 heavy (non-hydrogen) atoms. The van der Waals surface area contributed by atoms with Crippen molar-refractivity contribution in [3.63, 3.8) is 0 Å². The van der Waals surface area contributed by atoms with Crippen molar-refractivity contribution in [1.29, 1.82) is 0 Å². The Balaban J connectivity index is 2.11. The van der Waals surface area contributed by atoms with Gasteiger partial charge in [0, 0.05) is 29.9 Å². The maximum atomic E-state index is 12.6. The van der Waals surface area contributed by atoms with Gasteiger partial charge in [-0.2, -0.15) is 0 Å². The summed E-state index contributed by atoms with van der Waals surface area (Å²) in [5, 5.41) is 11.9. The molecule has 0 aromatic heterocycles. The summed E-state index contributed by atoms with van der Waals surface area (Å²) >= 11 is 0. The van der Waals surface area contributed by atoms with Gasteiger partial charge in [0.05, 0.1) is 11.4 Å². The number of carbonyl (C=O) groups is 2. The molecule has 120 valence electrons. The van der Waals surface area contributed by atoms with Gasteiger partial charge in [-0.1, -0.05) is 34.6 Å². The number of Topliss-reactive ketones (excluding diaryl/α,β-unsaturated/α-hetero) is 2. The van der Waals surface area contributed by atoms with Gasteiger partial charge in [0.1, 0.15) is 0 Å². The summed E-state index contributed by atoms with van der Waals surface area (Å²) < 4.78 is 0. The summed E-state index contributed by atoms with van der Waals surface area (Å²) in [4.78, 5) is 25.2. The average Bonchev–Trinajstić information content (AvgIpc) is 2.31. The summed E-state index contributed by atoms with van der Waals surface area (Å²) in [5.41, 5.74) is 2.41. The zero-order chi connectivity index (χ0) is 16.4. The van der Waals surface area contributed by atoms with E-state index in [1.165, 1.54) is 5.06 Å². The van der Waals surface area contributed by atoms with Gasteiger partial charge in [0.15, 0.2) is 11.6 Å². The second-order valence-electron chi connectivity index (χ2n) is 8.64. The molecule has 4 heteroatoms. The van der Waals surface area contributed by atoms with Crippen molar-refractivity contribution in [2.24, 2.45) is 16.7 Å². The first-order valence-corrected chi connectivity index (χ1v) is 8.04. The van der Waals surface area contributed by atoms with E-state index in [2.05, 4.69) is 0 Å². The van der Waals surface area contributed by atoms with E-state index in [1.807, 2.05) is 34.6 Å². The Labute approximate surface area is 131 Å². The van der Waals surface area contributed by atoms with Gasteiger partial charge >= 0.3 is 0 Å². The van der Waals surface area contributed by atoms with Crippen molar-refractivity contribution in [2.75, 3.05) is 0 Å². The minimum absolute atomic E-state index is 0.0713. The molecular weight excluding hydrogens is 278 g/mol. The van der Waals surface area contributed by atoms with Gasteiger partial charge in [0.25, 0.3) is 0 Å². The van der Waals surface area contributed by atoms with E-state index < -0.39 is 0 Å². The third-order valence-corrected chi connectivity index (χ3v) is 5.17. The Morgan fingerprint density at radius 3 is 1.59 bits per heavy atom. The van der Waals surface area contributed by atoms with Gasteiger partial charge in [-0.05, 0) is 23.7 Å². The van der Waals surface area contributed by atoms with Gasteiger partial charge in [-0.25, -0.2) is 5.06 Å². The fourth-order valence-electron chi connectivity index (χ4n) is 4.27. The lowest BCUT2D eigenvalue weighted by atomic mass is 9.66. The first-order valence-electron chi connectivity index (χ1n) is 8.04. The van der Waals surface area contributed by atoms with Crippen LogP contribution in [0.5, 0.6) is 0 Å². The molecule has 1 N–H and O–H groups in total. The predicted octanol–water partition coefficient (Wildman–Crippen LogP) is 3.61. The van der Waals surface area contributed by atoms with Crippen molar-refractivity contribution in [1.82, 2.24) is 5.06 Å². The van der Waals surface area contributed by atoms with E-state index in [-0.39, 0.29) is 28.3 Å². The number of hydrogen-bond donors (Lipinski definition) is 1. The van der Waals surface area contributed by atoms with Crippen LogP contribution in [-0.2, 0) is 9.59 Å². The summed E-state index contributed by atoms with van der Waals surface area (Å²) in [5.74, 6) is -0.0513. The van der Waals surface area contributed by atoms with E-state index in [0.29, 0.717) is 48.2 Å². The van der Waals surface area contributed by atoms with Crippen molar-refractivity contribution >= 4 is 11.6 Å². The highest BCUT2D eigenvalue weighted by molar-refractivity contribution is 6.04. The third kappa shape index (κ3) is 2.24. The number of carbonyl (C=O) groups excluding carboxylic acids is 2. The van der Waals surface area contributed by atoms with Crippen molar-refractivity contribution in [2.45, 2.75) is 60.3 Å². The lowest BCUT2D eigenvalue weighted by Crippen LogP contribution is -2.43. The molecule has 4 nitrogen and oxygen atoms in total. The number of ketones is 2. The maximum Gasteiger partial charge on any atom is 0.161 e. The van der Waals surface area contributed by atoms with Gasteiger partial charge in [0.2, 0.25) is 0 Å². The van der Waals surface area contributed by atoms with Crippen LogP contribution in [0.3, 0.4) is 0 Å². The lowest BCUT2D eigenvalue weighted by Gasteiger charge is -2.45. The van der Waals surface area contributed by atoms with Gasteiger partial charge in [-0.3, -0.25) is 14.8 Å². The summed E-state index contributed by atoms with van der Waals surface area (Å²) in [6.07, 6.45) is 2.29. The van der Waals surface area contributed by atoms with Crippen LogP contribution in [0.1, 0.15) is 60.3 Å². The molecule has 2 aliphatic carbocycles. The fourth-order valence-corrected chi connectivity index (χ4v) is 4.27. The molecule has 1 aliphatic heterocycles. The monoisotopic (exact) mass is 303 g/mol. The Hall–Kier alpha value is -1.42. The first-order chi connectivity index (χ1) is 10.0. The topological polar surface area (TPSA) is 57.6 Å². The van der Waals surface area contributed by atoms with Crippen LogP contribution in [0, 0.1) is 16.7 Å². The van der Waals surface area contributed by atoms with Crippen molar-refractivity contribution in [3.8, 4) is 0 Å². The van der Waals surface area contributed by atoms with Gasteiger partial charge in [-0.15, -0.1) is 0 Å². The van der Waals surface area contributed by atoms with E-state index in [9.17, 15) is 14.8 Å². The van der Waals surface area contributed by atoms with Crippen LogP contribution in [0.4, 0.5) is 0 Å². The standard InChI is InChI=1S/C18H25NO3/c1-10-15-11(6-17(2,3)8-13(15)20)19(22)12-7-18(4,5)9-14(21)16(10)12/h10,22H,6-9H2,1-5H3. The molecule has 3 rings (SSSR count). The highest BCUT2D eigenvalue weighted by Crippen LogP contribution is 2.50. The molecule has 0 aromatic carbocycles. The fraction of sp³-hybridized carbons (Fsp3) is 0.667. The Bertz CT molecular complexity index is 583. The summed E-state index contributed by atoms with van der Waals surface area (Å²) in [6, 6.07) is 0. The molecule has 0 atom stereocenters. The molecular formula is C18H25NO3. The van der Waals surface area contributed by atoms with Gasteiger partial charge < -0.3 is 0 Å². The zero-order valence-corrected chi connectivity index (χ0v) is 14.1. The van der Waals surface area contributed by atoms with Crippen LogP contribution in [-0.4, -0.2) is 21.8 Å². The largest absolute Gasteiger partial charge is 0.294 e. The number of rotatable bonds is 0. The van der Waals surface area contributed by atoms with Crippen LogP contribution in [0.25, 0.3) is 0 Å². The minimum atomic E-state index is -0.194. The highest BCUT2D eigenvalue weighted by atomic mass is 16.5. The number of allylic oxidation sites excluding steroid dienone is 4. The highest BCUT2D eigenvalue weighted by Gasteiger charge is 2.46.